The summed E-state index contributed by atoms with van der Waals surface area (Å²) in [6, 6.07) is 6.09. The molecule has 0 amide bonds. The molecule has 1 heterocycles. The summed E-state index contributed by atoms with van der Waals surface area (Å²) in [4.78, 5) is 0. The number of halogens is 3. The number of anilines is 1. The van der Waals surface area contributed by atoms with Crippen LogP contribution in [-0.2, 0) is 13.0 Å². The van der Waals surface area contributed by atoms with Crippen LogP contribution in [0.3, 0.4) is 0 Å². The van der Waals surface area contributed by atoms with Crippen molar-refractivity contribution in [2.24, 2.45) is 0 Å². The minimum atomic E-state index is -4.04. The van der Waals surface area contributed by atoms with Crippen molar-refractivity contribution >= 4 is 5.69 Å². The Morgan fingerprint density at radius 1 is 1.28 bits per heavy atom. The number of benzene rings is 1. The largest absolute Gasteiger partial charge is 0.389 e. The molecule has 0 bridgehead atoms. The van der Waals surface area contributed by atoms with E-state index < -0.39 is 12.6 Å². The van der Waals surface area contributed by atoms with Crippen LogP contribution in [0, 0.1) is 0 Å². The summed E-state index contributed by atoms with van der Waals surface area (Å²) in [7, 11) is 0. The molecule has 2 nitrogen and oxygen atoms in total. The van der Waals surface area contributed by atoms with Gasteiger partial charge in [-0.3, -0.25) is 0 Å². The normalized spacial score (nSPS) is 14.4. The van der Waals surface area contributed by atoms with Gasteiger partial charge in [0.2, 0.25) is 0 Å². The van der Waals surface area contributed by atoms with Crippen molar-refractivity contribution in [2.75, 3.05) is 18.4 Å². The van der Waals surface area contributed by atoms with Gasteiger partial charge >= 0.3 is 6.18 Å². The maximum Gasteiger partial charge on any atom is 0.389 e. The molecule has 0 spiro atoms. The second kappa shape index (κ2) is 5.61. The van der Waals surface area contributed by atoms with E-state index in [1.165, 1.54) is 5.56 Å². The maximum atomic E-state index is 11.9. The van der Waals surface area contributed by atoms with Gasteiger partial charge in [0, 0.05) is 25.2 Å². The molecule has 0 radical (unpaired) electrons. The van der Waals surface area contributed by atoms with Crippen LogP contribution in [0.5, 0.6) is 0 Å². The zero-order valence-electron chi connectivity index (χ0n) is 10.1. The van der Waals surface area contributed by atoms with Crippen LogP contribution in [0.25, 0.3) is 0 Å². The van der Waals surface area contributed by atoms with E-state index in [-0.39, 0.29) is 6.42 Å². The predicted molar refractivity (Wildman–Crippen MR) is 65.6 cm³/mol. The number of fused-ring (bicyclic) bond motifs is 1. The van der Waals surface area contributed by atoms with Crippen molar-refractivity contribution in [3.05, 3.63) is 29.3 Å². The molecule has 0 saturated heterocycles. The van der Waals surface area contributed by atoms with Crippen LogP contribution < -0.4 is 10.6 Å². The number of rotatable bonds is 5. The monoisotopic (exact) mass is 258 g/mol. The number of para-hydroxylation sites is 1. The first kappa shape index (κ1) is 13.2. The number of nitrogens with one attached hydrogen (secondary N) is 2. The summed E-state index contributed by atoms with van der Waals surface area (Å²) in [5.74, 6) is 0. The van der Waals surface area contributed by atoms with Crippen molar-refractivity contribution in [2.45, 2.75) is 32.0 Å². The van der Waals surface area contributed by atoms with E-state index >= 15 is 0 Å². The van der Waals surface area contributed by atoms with E-state index in [1.807, 2.05) is 12.1 Å². The first-order valence-electron chi connectivity index (χ1n) is 6.18. The highest BCUT2D eigenvalue weighted by Crippen LogP contribution is 2.26. The molecule has 1 aliphatic rings. The Morgan fingerprint density at radius 3 is 2.89 bits per heavy atom. The van der Waals surface area contributed by atoms with Crippen LogP contribution in [0.1, 0.15) is 24.0 Å². The van der Waals surface area contributed by atoms with Gasteiger partial charge < -0.3 is 10.6 Å². The summed E-state index contributed by atoms with van der Waals surface area (Å²) in [6.07, 6.45) is -3.61. The van der Waals surface area contributed by atoms with E-state index in [0.717, 1.165) is 24.2 Å². The molecule has 0 saturated carbocycles. The van der Waals surface area contributed by atoms with Crippen LogP contribution in [0.4, 0.5) is 18.9 Å². The van der Waals surface area contributed by atoms with Crippen molar-refractivity contribution in [3.63, 3.8) is 0 Å². The molecule has 0 aliphatic carbocycles. The van der Waals surface area contributed by atoms with Gasteiger partial charge in [-0.15, -0.1) is 0 Å². The summed E-state index contributed by atoms with van der Waals surface area (Å²) in [5.41, 5.74) is 3.59. The molecular formula is C13H17F3N2. The van der Waals surface area contributed by atoms with Crippen molar-refractivity contribution < 1.29 is 13.2 Å². The van der Waals surface area contributed by atoms with Crippen molar-refractivity contribution in [3.8, 4) is 0 Å². The molecule has 0 unspecified atom stereocenters. The van der Waals surface area contributed by atoms with Crippen LogP contribution in [0.15, 0.2) is 18.2 Å². The Morgan fingerprint density at radius 2 is 2.11 bits per heavy atom. The highest BCUT2D eigenvalue weighted by molar-refractivity contribution is 5.61. The third-order valence-electron chi connectivity index (χ3n) is 3.06. The first-order chi connectivity index (χ1) is 8.56. The third kappa shape index (κ3) is 3.63. The lowest BCUT2D eigenvalue weighted by atomic mass is 10.1. The van der Waals surface area contributed by atoms with Gasteiger partial charge in [0.05, 0.1) is 0 Å². The van der Waals surface area contributed by atoms with Gasteiger partial charge in [-0.25, -0.2) is 0 Å². The molecule has 1 aromatic rings. The summed E-state index contributed by atoms with van der Waals surface area (Å²) in [5, 5.41) is 6.38. The number of hydrogen-bond donors (Lipinski definition) is 2. The summed E-state index contributed by atoms with van der Waals surface area (Å²) < 4.78 is 35.8. The standard InChI is InChI=1S/C13H17F3N2/c14-13(15,16)6-2-7-17-9-11-4-1-3-10-5-8-18-12(10)11/h1,3-4,17-18H,2,5-9H2. The molecule has 0 fully saturated rings. The maximum absolute atomic E-state index is 11.9. The van der Waals surface area contributed by atoms with E-state index in [0.29, 0.717) is 13.1 Å². The zero-order chi connectivity index (χ0) is 13.0. The van der Waals surface area contributed by atoms with Gasteiger partial charge in [0.1, 0.15) is 0 Å². The lowest BCUT2D eigenvalue weighted by Gasteiger charge is -2.10. The first-order valence-corrected chi connectivity index (χ1v) is 6.18. The Kier molecular flexibility index (Phi) is 4.11. The quantitative estimate of drug-likeness (QED) is 0.793. The average Bonchev–Trinajstić information content (AvgIpc) is 2.75. The van der Waals surface area contributed by atoms with E-state index in [9.17, 15) is 13.2 Å². The van der Waals surface area contributed by atoms with Gasteiger partial charge in [-0.1, -0.05) is 18.2 Å². The Hall–Kier alpha value is -1.23. The van der Waals surface area contributed by atoms with E-state index in [4.69, 9.17) is 0 Å². The Labute approximate surface area is 105 Å². The zero-order valence-corrected chi connectivity index (χ0v) is 10.1. The second-order valence-corrected chi connectivity index (χ2v) is 4.52. The molecule has 2 rings (SSSR count). The highest BCUT2D eigenvalue weighted by atomic mass is 19.4. The molecule has 2 N–H and O–H groups in total. The Balaban J connectivity index is 1.76. The molecule has 1 aromatic carbocycles. The van der Waals surface area contributed by atoms with Gasteiger partial charge in [-0.2, -0.15) is 13.2 Å². The Bertz CT molecular complexity index is 402. The highest BCUT2D eigenvalue weighted by Gasteiger charge is 2.25. The molecule has 100 valence electrons. The topological polar surface area (TPSA) is 24.1 Å². The second-order valence-electron chi connectivity index (χ2n) is 4.52. The number of alkyl halides is 3. The third-order valence-corrected chi connectivity index (χ3v) is 3.06. The van der Waals surface area contributed by atoms with Gasteiger partial charge in [-0.05, 0) is 30.5 Å². The van der Waals surface area contributed by atoms with Crippen LogP contribution in [0.2, 0.25) is 0 Å². The molecule has 18 heavy (non-hydrogen) atoms. The van der Waals surface area contributed by atoms with Crippen molar-refractivity contribution in [1.82, 2.24) is 5.32 Å². The average molecular weight is 258 g/mol. The van der Waals surface area contributed by atoms with E-state index in [1.54, 1.807) is 0 Å². The van der Waals surface area contributed by atoms with Gasteiger partial charge in [0.15, 0.2) is 0 Å². The van der Waals surface area contributed by atoms with Crippen LogP contribution >= 0.6 is 0 Å². The molecular weight excluding hydrogens is 241 g/mol. The fourth-order valence-electron chi connectivity index (χ4n) is 2.20. The lowest BCUT2D eigenvalue weighted by Crippen LogP contribution is -2.18. The minimum Gasteiger partial charge on any atom is -0.384 e. The lowest BCUT2D eigenvalue weighted by molar-refractivity contribution is -0.135. The molecule has 0 atom stereocenters. The minimum absolute atomic E-state index is 0.131. The molecule has 0 aromatic heterocycles. The van der Waals surface area contributed by atoms with Gasteiger partial charge in [0.25, 0.3) is 0 Å². The summed E-state index contributed by atoms with van der Waals surface area (Å²) >= 11 is 0. The SMILES string of the molecule is FC(F)(F)CCCNCc1cccc2c1NCC2. The predicted octanol–water partition coefficient (Wildman–Crippen LogP) is 3.09. The van der Waals surface area contributed by atoms with Crippen LogP contribution in [-0.4, -0.2) is 19.3 Å². The van der Waals surface area contributed by atoms with Crippen molar-refractivity contribution in [1.29, 1.82) is 0 Å². The summed E-state index contributed by atoms with van der Waals surface area (Å²) in [6.45, 7) is 1.96. The molecule has 1 aliphatic heterocycles. The fourth-order valence-corrected chi connectivity index (χ4v) is 2.20. The fraction of sp³-hybridized carbons (Fsp3) is 0.538. The molecule has 5 heteroatoms. The smallest absolute Gasteiger partial charge is 0.384 e. The van der Waals surface area contributed by atoms with E-state index in [2.05, 4.69) is 16.7 Å². The number of hydrogen-bond acceptors (Lipinski definition) is 2.